The van der Waals surface area contributed by atoms with E-state index in [1.54, 1.807) is 0 Å². The number of rotatable bonds is 9. The fourth-order valence-electron chi connectivity index (χ4n) is 1.91. The third-order valence-corrected chi connectivity index (χ3v) is 3.12. The summed E-state index contributed by atoms with van der Waals surface area (Å²) in [5, 5.41) is 0. The fraction of sp³-hybridized carbons (Fsp3) is 0.846. The molecule has 0 spiro atoms. The van der Waals surface area contributed by atoms with Gasteiger partial charge in [0.1, 0.15) is 6.71 Å². The van der Waals surface area contributed by atoms with Crippen molar-refractivity contribution in [2.24, 2.45) is 0 Å². The minimum Gasteiger partial charge on any atom is -0.0917 e. The summed E-state index contributed by atoms with van der Waals surface area (Å²) < 4.78 is 0. The zero-order chi connectivity index (χ0) is 10.6. The van der Waals surface area contributed by atoms with Crippen LogP contribution in [0.5, 0.6) is 0 Å². The van der Waals surface area contributed by atoms with Crippen LogP contribution in [0.1, 0.15) is 52.9 Å². The second kappa shape index (κ2) is 10.9. The summed E-state index contributed by atoms with van der Waals surface area (Å²) in [6, 6.07) is 0. The maximum absolute atomic E-state index is 2.32. The van der Waals surface area contributed by atoms with Gasteiger partial charge < -0.3 is 0 Å². The first-order chi connectivity index (χ1) is 6.85. The van der Waals surface area contributed by atoms with Gasteiger partial charge in [0.05, 0.1) is 0 Å². The lowest BCUT2D eigenvalue weighted by atomic mass is 9.43. The monoisotopic (exact) mass is 194 g/mol. The number of unbranched alkanes of at least 4 members (excludes halogenated alkanes) is 4. The summed E-state index contributed by atoms with van der Waals surface area (Å²) >= 11 is 0. The van der Waals surface area contributed by atoms with Gasteiger partial charge in [-0.15, -0.1) is 0 Å². The Balaban J connectivity index is 3.12. The summed E-state index contributed by atoms with van der Waals surface area (Å²) in [5.74, 6) is 0. The molecule has 0 aliphatic heterocycles. The Kier molecular flexibility index (Phi) is 10.7. The third kappa shape index (κ3) is 8.41. The molecule has 0 bridgehead atoms. The van der Waals surface area contributed by atoms with Crippen LogP contribution in [0.3, 0.4) is 0 Å². The Morgan fingerprint density at radius 2 is 1.57 bits per heavy atom. The van der Waals surface area contributed by atoms with Crippen LogP contribution in [-0.4, -0.2) is 6.71 Å². The quantitative estimate of drug-likeness (QED) is 0.274. The zero-order valence-corrected chi connectivity index (χ0v) is 10.4. The molecule has 0 radical (unpaired) electrons. The highest BCUT2D eigenvalue weighted by Gasteiger charge is 2.06. The zero-order valence-electron chi connectivity index (χ0n) is 10.4. The van der Waals surface area contributed by atoms with Crippen molar-refractivity contribution in [1.82, 2.24) is 0 Å². The number of hydrogen-bond donors (Lipinski definition) is 0. The lowest BCUT2D eigenvalue weighted by molar-refractivity contribution is 0.671. The molecule has 0 nitrogen and oxygen atoms in total. The van der Waals surface area contributed by atoms with E-state index in [1.165, 1.54) is 51.1 Å². The molecule has 0 aromatic rings. The molecule has 0 amide bonds. The Labute approximate surface area is 91.3 Å². The molecular formula is C13H27B. The van der Waals surface area contributed by atoms with Crippen LogP contribution in [0.25, 0.3) is 0 Å². The van der Waals surface area contributed by atoms with E-state index in [-0.39, 0.29) is 0 Å². The second-order valence-electron chi connectivity index (χ2n) is 4.24. The molecule has 0 saturated heterocycles. The predicted octanol–water partition coefficient (Wildman–Crippen LogP) is 5.05. The van der Waals surface area contributed by atoms with Gasteiger partial charge in [-0.1, -0.05) is 64.2 Å². The van der Waals surface area contributed by atoms with Gasteiger partial charge in [-0.25, -0.2) is 0 Å². The molecule has 0 aromatic heterocycles. The topological polar surface area (TPSA) is 0 Å². The van der Waals surface area contributed by atoms with Crippen molar-refractivity contribution >= 4 is 6.71 Å². The Hall–Kier alpha value is -0.195. The smallest absolute Gasteiger partial charge is 0.0917 e. The summed E-state index contributed by atoms with van der Waals surface area (Å²) in [6.07, 6.45) is 15.6. The summed E-state index contributed by atoms with van der Waals surface area (Å²) in [4.78, 5) is 0. The van der Waals surface area contributed by atoms with E-state index in [0.29, 0.717) is 0 Å². The molecule has 0 fully saturated rings. The minimum atomic E-state index is 0.991. The molecule has 1 heteroatoms. The van der Waals surface area contributed by atoms with E-state index in [2.05, 4.69) is 32.9 Å². The van der Waals surface area contributed by atoms with Gasteiger partial charge in [0, 0.05) is 0 Å². The minimum absolute atomic E-state index is 0.991. The predicted molar refractivity (Wildman–Crippen MR) is 69.4 cm³/mol. The van der Waals surface area contributed by atoms with Crippen molar-refractivity contribution in [1.29, 1.82) is 0 Å². The van der Waals surface area contributed by atoms with Crippen LogP contribution in [0.2, 0.25) is 19.0 Å². The molecule has 0 aromatic carbocycles. The van der Waals surface area contributed by atoms with Crippen LogP contribution in [0.15, 0.2) is 12.2 Å². The summed E-state index contributed by atoms with van der Waals surface area (Å²) in [7, 11) is 0. The van der Waals surface area contributed by atoms with Gasteiger partial charge >= 0.3 is 0 Å². The molecule has 14 heavy (non-hydrogen) atoms. The second-order valence-corrected chi connectivity index (χ2v) is 4.24. The van der Waals surface area contributed by atoms with Crippen LogP contribution >= 0.6 is 0 Å². The van der Waals surface area contributed by atoms with Crippen LogP contribution in [0, 0.1) is 0 Å². The maximum Gasteiger partial charge on any atom is 0.139 e. The highest BCUT2D eigenvalue weighted by Crippen LogP contribution is 2.12. The van der Waals surface area contributed by atoms with E-state index in [4.69, 9.17) is 0 Å². The number of hydrogen-bond acceptors (Lipinski definition) is 0. The molecule has 0 aliphatic carbocycles. The summed E-state index contributed by atoms with van der Waals surface area (Å²) in [5.41, 5.74) is 0. The summed E-state index contributed by atoms with van der Waals surface area (Å²) in [6.45, 7) is 7.73. The molecule has 0 saturated carbocycles. The highest BCUT2D eigenvalue weighted by molar-refractivity contribution is 6.58. The Bertz CT molecular complexity index is 125. The van der Waals surface area contributed by atoms with Crippen LogP contribution in [-0.2, 0) is 0 Å². The first-order valence-corrected chi connectivity index (χ1v) is 6.46. The van der Waals surface area contributed by atoms with Crippen molar-refractivity contribution in [2.45, 2.75) is 71.8 Å². The van der Waals surface area contributed by atoms with Crippen LogP contribution < -0.4 is 0 Å². The Morgan fingerprint density at radius 3 is 2.14 bits per heavy atom. The lowest BCUT2D eigenvalue weighted by Crippen LogP contribution is -2.07. The molecule has 0 unspecified atom stereocenters. The van der Waals surface area contributed by atoms with Gasteiger partial charge in [-0.2, -0.15) is 0 Å². The molecule has 0 rings (SSSR count). The van der Waals surface area contributed by atoms with Crippen molar-refractivity contribution in [3.05, 3.63) is 12.2 Å². The molecule has 0 N–H and O–H groups in total. The average molecular weight is 194 g/mol. The average Bonchev–Trinajstić information content (AvgIpc) is 2.22. The number of allylic oxidation sites excluding steroid dienone is 2. The first-order valence-electron chi connectivity index (χ1n) is 6.46. The third-order valence-electron chi connectivity index (χ3n) is 3.12. The fourth-order valence-corrected chi connectivity index (χ4v) is 1.91. The van der Waals surface area contributed by atoms with Crippen molar-refractivity contribution in [3.8, 4) is 0 Å². The van der Waals surface area contributed by atoms with E-state index in [0.717, 1.165) is 6.71 Å². The first kappa shape index (κ1) is 13.8. The molecule has 0 heterocycles. The van der Waals surface area contributed by atoms with E-state index >= 15 is 0 Å². The molecule has 0 atom stereocenters. The van der Waals surface area contributed by atoms with Crippen LogP contribution in [0.4, 0.5) is 0 Å². The van der Waals surface area contributed by atoms with Gasteiger partial charge in [0.25, 0.3) is 0 Å². The maximum atomic E-state index is 2.32. The lowest BCUT2D eigenvalue weighted by Gasteiger charge is -2.07. The highest BCUT2D eigenvalue weighted by atomic mass is 13.9. The molecule has 0 aliphatic rings. The van der Waals surface area contributed by atoms with Gasteiger partial charge in [-0.3, -0.25) is 0 Å². The van der Waals surface area contributed by atoms with E-state index in [9.17, 15) is 0 Å². The van der Waals surface area contributed by atoms with Gasteiger partial charge in [-0.05, 0) is 19.8 Å². The van der Waals surface area contributed by atoms with Crippen molar-refractivity contribution in [2.75, 3.05) is 0 Å². The van der Waals surface area contributed by atoms with E-state index < -0.39 is 0 Å². The molecular weight excluding hydrogens is 167 g/mol. The van der Waals surface area contributed by atoms with Crippen molar-refractivity contribution in [3.63, 3.8) is 0 Å². The van der Waals surface area contributed by atoms with Gasteiger partial charge in [0.2, 0.25) is 0 Å². The standard InChI is InChI=1S/C13H27B/c1-4-7-8-9-10-11-12-13-14(5-2)6-3/h4,7H,5-6,8-13H2,1-3H3/b7-4+. The van der Waals surface area contributed by atoms with Gasteiger partial charge in [0.15, 0.2) is 0 Å². The Morgan fingerprint density at radius 1 is 0.929 bits per heavy atom. The largest absolute Gasteiger partial charge is 0.139 e. The molecule has 82 valence electrons. The van der Waals surface area contributed by atoms with Crippen molar-refractivity contribution < 1.29 is 0 Å². The normalized spacial score (nSPS) is 11.1. The SMILES string of the molecule is C/C=C/CCCCCCB(CC)CC. The van der Waals surface area contributed by atoms with E-state index in [1.807, 2.05) is 0 Å².